The van der Waals surface area contributed by atoms with Crippen molar-refractivity contribution in [2.75, 3.05) is 27.9 Å². The van der Waals surface area contributed by atoms with Crippen LogP contribution in [0.2, 0.25) is 0 Å². The maximum Gasteiger partial charge on any atom is 0.164 e. The molecule has 0 radical (unpaired) electrons. The molecule has 1 N–H and O–H groups in total. The zero-order valence-electron chi connectivity index (χ0n) is 14.3. The molecule has 0 spiro atoms. The fraction of sp³-hybridized carbons (Fsp3) is 0.368. The van der Waals surface area contributed by atoms with Gasteiger partial charge in [0.1, 0.15) is 11.5 Å². The molecule has 1 atom stereocenters. The van der Waals surface area contributed by atoms with Crippen LogP contribution in [0, 0.1) is 0 Å². The number of hydrogen-bond donors (Lipinski definition) is 1. The summed E-state index contributed by atoms with van der Waals surface area (Å²) in [6.07, 6.45) is 0.937. The quantitative estimate of drug-likeness (QED) is 0.881. The summed E-state index contributed by atoms with van der Waals surface area (Å²) in [4.78, 5) is 0. The van der Waals surface area contributed by atoms with E-state index >= 15 is 0 Å². The van der Waals surface area contributed by atoms with Crippen molar-refractivity contribution in [3.63, 3.8) is 0 Å². The molecule has 0 fully saturated rings. The normalized spacial score (nSPS) is 16.0. The molecule has 5 nitrogen and oxygen atoms in total. The molecule has 0 bridgehead atoms. The van der Waals surface area contributed by atoms with Gasteiger partial charge < -0.3 is 24.3 Å². The highest BCUT2D eigenvalue weighted by molar-refractivity contribution is 5.50. The average Bonchev–Trinajstić information content (AvgIpc) is 2.65. The summed E-state index contributed by atoms with van der Waals surface area (Å²) in [6.45, 7) is 1.39. The van der Waals surface area contributed by atoms with Crippen LogP contribution >= 0.6 is 0 Å². The van der Waals surface area contributed by atoms with Crippen LogP contribution in [0.25, 0.3) is 0 Å². The lowest BCUT2D eigenvalue weighted by Crippen LogP contribution is -2.26. The molecule has 0 saturated carbocycles. The molecule has 2 aromatic rings. The predicted molar refractivity (Wildman–Crippen MR) is 92.2 cm³/mol. The zero-order chi connectivity index (χ0) is 16.9. The Morgan fingerprint density at radius 2 is 1.71 bits per heavy atom. The van der Waals surface area contributed by atoms with Gasteiger partial charge in [-0.3, -0.25) is 0 Å². The molecule has 0 amide bonds. The maximum atomic E-state index is 5.72. The molecule has 1 heterocycles. The van der Waals surface area contributed by atoms with E-state index in [0.29, 0.717) is 18.0 Å². The van der Waals surface area contributed by atoms with Crippen LogP contribution in [0.1, 0.15) is 23.6 Å². The van der Waals surface area contributed by atoms with E-state index in [1.165, 1.54) is 5.56 Å². The van der Waals surface area contributed by atoms with E-state index in [4.69, 9.17) is 18.9 Å². The fourth-order valence-electron chi connectivity index (χ4n) is 3.02. The third-order valence-electron chi connectivity index (χ3n) is 4.28. The van der Waals surface area contributed by atoms with E-state index in [1.54, 1.807) is 21.3 Å². The molecule has 128 valence electrons. The van der Waals surface area contributed by atoms with E-state index in [9.17, 15) is 0 Å². The van der Waals surface area contributed by atoms with E-state index in [1.807, 2.05) is 30.3 Å². The largest absolute Gasteiger partial charge is 0.496 e. The second-order valence-corrected chi connectivity index (χ2v) is 5.63. The lowest BCUT2D eigenvalue weighted by molar-refractivity contribution is 0.251. The number of benzene rings is 2. The first kappa shape index (κ1) is 16.5. The molecular formula is C19H23NO4. The van der Waals surface area contributed by atoms with Gasteiger partial charge in [-0.1, -0.05) is 18.2 Å². The van der Waals surface area contributed by atoms with Crippen molar-refractivity contribution in [3.05, 3.63) is 47.5 Å². The average molecular weight is 329 g/mol. The van der Waals surface area contributed by atoms with Crippen LogP contribution < -0.4 is 24.3 Å². The monoisotopic (exact) mass is 329 g/mol. The first-order valence-corrected chi connectivity index (χ1v) is 8.00. The first-order chi connectivity index (χ1) is 11.8. The van der Waals surface area contributed by atoms with Gasteiger partial charge in [0.15, 0.2) is 11.5 Å². The van der Waals surface area contributed by atoms with Gasteiger partial charge in [-0.2, -0.15) is 0 Å². The Kier molecular flexibility index (Phi) is 5.11. The molecular weight excluding hydrogens is 306 g/mol. The van der Waals surface area contributed by atoms with Gasteiger partial charge in [-0.15, -0.1) is 0 Å². The summed E-state index contributed by atoms with van der Waals surface area (Å²) >= 11 is 0. The van der Waals surface area contributed by atoms with E-state index in [-0.39, 0.29) is 6.04 Å². The van der Waals surface area contributed by atoms with Gasteiger partial charge in [0.2, 0.25) is 0 Å². The molecule has 2 aromatic carbocycles. The van der Waals surface area contributed by atoms with Gasteiger partial charge >= 0.3 is 0 Å². The van der Waals surface area contributed by atoms with Crippen molar-refractivity contribution in [3.8, 4) is 23.0 Å². The number of ether oxygens (including phenoxy) is 4. The van der Waals surface area contributed by atoms with Crippen LogP contribution in [0.5, 0.6) is 23.0 Å². The van der Waals surface area contributed by atoms with Crippen molar-refractivity contribution < 1.29 is 18.9 Å². The van der Waals surface area contributed by atoms with Crippen molar-refractivity contribution >= 4 is 0 Å². The van der Waals surface area contributed by atoms with Crippen molar-refractivity contribution in [1.29, 1.82) is 0 Å². The van der Waals surface area contributed by atoms with Crippen LogP contribution in [0.3, 0.4) is 0 Å². The van der Waals surface area contributed by atoms with Crippen LogP contribution in [-0.2, 0) is 6.54 Å². The van der Waals surface area contributed by atoms with E-state index < -0.39 is 0 Å². The Morgan fingerprint density at radius 3 is 2.46 bits per heavy atom. The van der Waals surface area contributed by atoms with Crippen molar-refractivity contribution in [1.82, 2.24) is 5.32 Å². The molecule has 0 aromatic heterocycles. The van der Waals surface area contributed by atoms with Crippen molar-refractivity contribution in [2.45, 2.75) is 19.0 Å². The Hall–Kier alpha value is -2.40. The highest BCUT2D eigenvalue weighted by Crippen LogP contribution is 2.36. The topological polar surface area (TPSA) is 49.0 Å². The molecule has 3 rings (SSSR count). The highest BCUT2D eigenvalue weighted by Gasteiger charge is 2.21. The number of methoxy groups -OCH3 is 3. The molecule has 1 aliphatic heterocycles. The summed E-state index contributed by atoms with van der Waals surface area (Å²) in [5, 5.41) is 3.60. The SMILES string of the molecule is COc1cc(OC)c(OC)cc1CNC1CCOc2ccccc21. The third-order valence-corrected chi connectivity index (χ3v) is 4.28. The molecule has 5 heteroatoms. The van der Waals surface area contributed by atoms with Gasteiger partial charge in [0.05, 0.1) is 27.9 Å². The van der Waals surface area contributed by atoms with Crippen molar-refractivity contribution in [2.24, 2.45) is 0 Å². The number of para-hydroxylation sites is 1. The Labute approximate surface area is 142 Å². The van der Waals surface area contributed by atoms with E-state index in [0.717, 1.165) is 30.1 Å². The Morgan fingerprint density at radius 1 is 1.00 bits per heavy atom. The molecule has 1 aliphatic rings. The van der Waals surface area contributed by atoms with E-state index in [2.05, 4.69) is 11.4 Å². The third kappa shape index (κ3) is 3.26. The number of rotatable bonds is 6. The minimum atomic E-state index is 0.257. The minimum absolute atomic E-state index is 0.257. The first-order valence-electron chi connectivity index (χ1n) is 8.00. The second-order valence-electron chi connectivity index (χ2n) is 5.63. The molecule has 1 unspecified atom stereocenters. The summed E-state index contributed by atoms with van der Waals surface area (Å²) in [6, 6.07) is 12.2. The zero-order valence-corrected chi connectivity index (χ0v) is 14.3. The van der Waals surface area contributed by atoms with Crippen LogP contribution in [-0.4, -0.2) is 27.9 Å². The van der Waals surface area contributed by atoms with Crippen LogP contribution in [0.15, 0.2) is 36.4 Å². The Balaban J connectivity index is 1.80. The summed E-state index contributed by atoms with van der Waals surface area (Å²) in [7, 11) is 4.92. The predicted octanol–water partition coefficient (Wildman–Crippen LogP) is 3.33. The van der Waals surface area contributed by atoms with Gasteiger partial charge in [-0.05, 0) is 12.1 Å². The smallest absolute Gasteiger partial charge is 0.164 e. The minimum Gasteiger partial charge on any atom is -0.496 e. The lowest BCUT2D eigenvalue weighted by atomic mass is 10.00. The summed E-state index contributed by atoms with van der Waals surface area (Å²) < 4.78 is 21.9. The standard InChI is InChI=1S/C19H23NO4/c1-21-17-11-19(23-3)18(22-2)10-13(17)12-20-15-8-9-24-16-7-5-4-6-14(15)16/h4-7,10-11,15,20H,8-9,12H2,1-3H3. The number of fused-ring (bicyclic) bond motifs is 1. The summed E-state index contributed by atoms with van der Waals surface area (Å²) in [5.41, 5.74) is 2.22. The molecule has 0 aliphatic carbocycles. The van der Waals surface area contributed by atoms with Crippen LogP contribution in [0.4, 0.5) is 0 Å². The molecule has 0 saturated heterocycles. The van der Waals surface area contributed by atoms with Gasteiger partial charge in [-0.25, -0.2) is 0 Å². The number of hydrogen-bond acceptors (Lipinski definition) is 5. The maximum absolute atomic E-state index is 5.72. The van der Waals surface area contributed by atoms with Gasteiger partial charge in [0.25, 0.3) is 0 Å². The molecule has 24 heavy (non-hydrogen) atoms. The highest BCUT2D eigenvalue weighted by atomic mass is 16.5. The Bertz CT molecular complexity index is 702. The fourth-order valence-corrected chi connectivity index (χ4v) is 3.02. The number of nitrogens with one attached hydrogen (secondary N) is 1. The second kappa shape index (κ2) is 7.45. The summed E-state index contributed by atoms with van der Waals surface area (Å²) in [5.74, 6) is 3.10. The lowest BCUT2D eigenvalue weighted by Gasteiger charge is -2.27. The van der Waals surface area contributed by atoms with Gasteiger partial charge in [0, 0.05) is 36.2 Å².